The predicted molar refractivity (Wildman–Crippen MR) is 67.3 cm³/mol. The summed E-state index contributed by atoms with van der Waals surface area (Å²) < 4.78 is 43.7. The van der Waals surface area contributed by atoms with Crippen molar-refractivity contribution < 1.29 is 17.9 Å². The highest BCUT2D eigenvalue weighted by atomic mass is 19.4. The molecule has 0 amide bonds. The van der Waals surface area contributed by atoms with Gasteiger partial charge in [0.1, 0.15) is 11.4 Å². The molecule has 0 aromatic heterocycles. The number of halogens is 3. The van der Waals surface area contributed by atoms with Crippen molar-refractivity contribution in [3.8, 4) is 5.75 Å². The Bertz CT molecular complexity index is 450. The summed E-state index contributed by atoms with van der Waals surface area (Å²) in [7, 11) is 0. The van der Waals surface area contributed by atoms with Gasteiger partial charge in [-0.3, -0.25) is 0 Å². The smallest absolute Gasteiger partial charge is 0.416 e. The van der Waals surface area contributed by atoms with Crippen molar-refractivity contribution >= 4 is 0 Å². The fourth-order valence-corrected chi connectivity index (χ4v) is 2.26. The van der Waals surface area contributed by atoms with Crippen molar-refractivity contribution in [2.45, 2.75) is 38.5 Å². The predicted octanol–water partition coefficient (Wildman–Crippen LogP) is 3.53. The van der Waals surface area contributed by atoms with E-state index in [2.05, 4.69) is 5.32 Å². The molecular weight excluding hydrogens is 255 g/mol. The fraction of sp³-hybridized carbons (Fsp3) is 0.571. The van der Waals surface area contributed by atoms with Gasteiger partial charge in [0.05, 0.1) is 5.56 Å². The van der Waals surface area contributed by atoms with E-state index in [0.717, 1.165) is 38.1 Å². The SMILES string of the molecule is Cc1cc(C(F)(F)F)ccc1OC1(C)CCNCC1. The first-order chi connectivity index (χ1) is 8.80. The number of piperidine rings is 1. The number of rotatable bonds is 2. The normalized spacial score (nSPS) is 19.2. The standard InChI is InChI=1S/C14H18F3NO/c1-10-9-11(14(15,16)17)3-4-12(10)19-13(2)5-7-18-8-6-13/h3-4,9,18H,5-8H2,1-2H3. The van der Waals surface area contributed by atoms with Gasteiger partial charge >= 0.3 is 6.18 Å². The highest BCUT2D eigenvalue weighted by Gasteiger charge is 2.32. The van der Waals surface area contributed by atoms with E-state index in [1.807, 2.05) is 6.92 Å². The van der Waals surface area contributed by atoms with Crippen LogP contribution >= 0.6 is 0 Å². The second-order valence-corrected chi connectivity index (χ2v) is 5.28. The third-order valence-electron chi connectivity index (χ3n) is 3.52. The molecule has 1 aromatic carbocycles. The molecule has 1 saturated heterocycles. The van der Waals surface area contributed by atoms with E-state index < -0.39 is 11.7 Å². The Hall–Kier alpha value is -1.23. The van der Waals surface area contributed by atoms with Crippen molar-refractivity contribution in [1.29, 1.82) is 0 Å². The van der Waals surface area contributed by atoms with Gasteiger partial charge in [-0.1, -0.05) is 0 Å². The Morgan fingerprint density at radius 2 is 1.84 bits per heavy atom. The molecule has 0 unspecified atom stereocenters. The van der Waals surface area contributed by atoms with Crippen LogP contribution in [0.2, 0.25) is 0 Å². The van der Waals surface area contributed by atoms with E-state index in [4.69, 9.17) is 4.74 Å². The molecule has 0 aliphatic carbocycles. The Morgan fingerprint density at radius 1 is 1.21 bits per heavy atom. The largest absolute Gasteiger partial charge is 0.487 e. The minimum absolute atomic E-state index is 0.296. The summed E-state index contributed by atoms with van der Waals surface area (Å²) >= 11 is 0. The molecule has 1 aliphatic rings. The second-order valence-electron chi connectivity index (χ2n) is 5.28. The Morgan fingerprint density at radius 3 is 2.37 bits per heavy atom. The van der Waals surface area contributed by atoms with Crippen molar-refractivity contribution in [3.63, 3.8) is 0 Å². The molecule has 0 spiro atoms. The quantitative estimate of drug-likeness (QED) is 0.890. The maximum atomic E-state index is 12.6. The lowest BCUT2D eigenvalue weighted by Crippen LogP contribution is -2.43. The van der Waals surface area contributed by atoms with E-state index in [1.54, 1.807) is 6.92 Å². The molecule has 1 aromatic rings. The molecule has 0 saturated carbocycles. The van der Waals surface area contributed by atoms with E-state index in [-0.39, 0.29) is 5.60 Å². The number of ether oxygens (including phenoxy) is 1. The maximum Gasteiger partial charge on any atom is 0.416 e. The van der Waals surface area contributed by atoms with Gasteiger partial charge in [-0.05, 0) is 63.5 Å². The molecule has 1 fully saturated rings. The summed E-state index contributed by atoms with van der Waals surface area (Å²) in [6, 6.07) is 3.64. The lowest BCUT2D eigenvalue weighted by Gasteiger charge is -2.35. The number of nitrogens with one attached hydrogen (secondary N) is 1. The van der Waals surface area contributed by atoms with Crippen LogP contribution in [-0.2, 0) is 6.18 Å². The van der Waals surface area contributed by atoms with E-state index in [1.165, 1.54) is 6.07 Å². The fourth-order valence-electron chi connectivity index (χ4n) is 2.26. The number of hydrogen-bond donors (Lipinski definition) is 1. The Balaban J connectivity index is 2.17. The summed E-state index contributed by atoms with van der Waals surface area (Å²) in [5.74, 6) is 0.539. The molecule has 106 valence electrons. The van der Waals surface area contributed by atoms with Gasteiger partial charge in [-0.15, -0.1) is 0 Å². The molecule has 0 radical (unpaired) electrons. The van der Waals surface area contributed by atoms with Gasteiger partial charge in [0.2, 0.25) is 0 Å². The summed E-state index contributed by atoms with van der Waals surface area (Å²) in [4.78, 5) is 0. The number of aryl methyl sites for hydroxylation is 1. The lowest BCUT2D eigenvalue weighted by molar-refractivity contribution is -0.137. The molecule has 5 heteroatoms. The molecule has 19 heavy (non-hydrogen) atoms. The van der Waals surface area contributed by atoms with E-state index in [0.29, 0.717) is 11.3 Å². The van der Waals surface area contributed by atoms with Gasteiger partial charge in [0.25, 0.3) is 0 Å². The first-order valence-electron chi connectivity index (χ1n) is 6.38. The van der Waals surface area contributed by atoms with Crippen LogP contribution in [0.4, 0.5) is 13.2 Å². The second kappa shape index (κ2) is 5.04. The molecule has 1 N–H and O–H groups in total. The van der Waals surface area contributed by atoms with Crippen molar-refractivity contribution in [2.75, 3.05) is 13.1 Å². The van der Waals surface area contributed by atoms with E-state index >= 15 is 0 Å². The van der Waals surface area contributed by atoms with Gasteiger partial charge in [0, 0.05) is 0 Å². The highest BCUT2D eigenvalue weighted by Crippen LogP contribution is 2.34. The van der Waals surface area contributed by atoms with Crippen LogP contribution < -0.4 is 10.1 Å². The van der Waals surface area contributed by atoms with Crippen LogP contribution in [0.3, 0.4) is 0 Å². The van der Waals surface area contributed by atoms with Gasteiger partial charge in [-0.25, -0.2) is 0 Å². The number of alkyl halides is 3. The third-order valence-corrected chi connectivity index (χ3v) is 3.52. The summed E-state index contributed by atoms with van der Waals surface area (Å²) in [5, 5.41) is 3.24. The summed E-state index contributed by atoms with van der Waals surface area (Å²) in [6.45, 7) is 5.40. The van der Waals surface area contributed by atoms with Gasteiger partial charge < -0.3 is 10.1 Å². The van der Waals surface area contributed by atoms with Crippen LogP contribution in [0.1, 0.15) is 30.9 Å². The van der Waals surface area contributed by atoms with Crippen LogP contribution in [0.15, 0.2) is 18.2 Å². The molecule has 0 bridgehead atoms. The minimum atomic E-state index is -4.30. The van der Waals surface area contributed by atoms with Gasteiger partial charge in [0.15, 0.2) is 0 Å². The Labute approximate surface area is 111 Å². The lowest BCUT2D eigenvalue weighted by atomic mass is 9.94. The van der Waals surface area contributed by atoms with Crippen molar-refractivity contribution in [3.05, 3.63) is 29.3 Å². The maximum absolute atomic E-state index is 12.6. The highest BCUT2D eigenvalue weighted by molar-refractivity contribution is 5.37. The third kappa shape index (κ3) is 3.41. The topological polar surface area (TPSA) is 21.3 Å². The molecule has 0 atom stereocenters. The summed E-state index contributed by atoms with van der Waals surface area (Å²) in [5.41, 5.74) is -0.405. The molecular formula is C14H18F3NO. The molecule has 2 rings (SSSR count). The molecule has 2 nitrogen and oxygen atoms in total. The van der Waals surface area contributed by atoms with Crippen LogP contribution in [0.5, 0.6) is 5.75 Å². The van der Waals surface area contributed by atoms with Crippen LogP contribution in [0.25, 0.3) is 0 Å². The Kier molecular flexibility index (Phi) is 3.76. The molecule has 1 heterocycles. The monoisotopic (exact) mass is 273 g/mol. The van der Waals surface area contributed by atoms with E-state index in [9.17, 15) is 13.2 Å². The van der Waals surface area contributed by atoms with Gasteiger partial charge in [-0.2, -0.15) is 13.2 Å². The first kappa shape index (κ1) is 14.2. The number of benzene rings is 1. The van der Waals surface area contributed by atoms with Crippen molar-refractivity contribution in [1.82, 2.24) is 5.32 Å². The van der Waals surface area contributed by atoms with Crippen LogP contribution in [0, 0.1) is 6.92 Å². The van der Waals surface area contributed by atoms with Crippen LogP contribution in [-0.4, -0.2) is 18.7 Å². The zero-order valence-electron chi connectivity index (χ0n) is 11.1. The summed E-state index contributed by atoms with van der Waals surface area (Å²) in [6.07, 6.45) is -2.59. The first-order valence-corrected chi connectivity index (χ1v) is 6.38. The number of hydrogen-bond acceptors (Lipinski definition) is 2. The zero-order valence-corrected chi connectivity index (χ0v) is 11.1. The minimum Gasteiger partial charge on any atom is -0.487 e. The zero-order chi connectivity index (χ0) is 14.1. The van der Waals surface area contributed by atoms with Crippen molar-refractivity contribution in [2.24, 2.45) is 0 Å². The molecule has 1 aliphatic heterocycles. The average Bonchev–Trinajstić information content (AvgIpc) is 2.31. The average molecular weight is 273 g/mol.